The Morgan fingerprint density at radius 2 is 0.697 bits per heavy atom. The molecule has 0 aromatic carbocycles. The summed E-state index contributed by atoms with van der Waals surface area (Å²) < 4.78 is 62.3. The van der Waals surface area contributed by atoms with Crippen molar-refractivity contribution in [2.75, 3.05) is 106 Å². The van der Waals surface area contributed by atoms with Crippen molar-refractivity contribution in [1.82, 2.24) is 16.0 Å². The smallest absolute Gasteiger partial charge is 0.407 e. The van der Waals surface area contributed by atoms with E-state index in [1.807, 2.05) is 6.92 Å². The number of Topliss-reactive ketones (excluding diaryl/α,β-unsaturated/α-hetero) is 1. The van der Waals surface area contributed by atoms with Crippen LogP contribution in [0.25, 0.3) is 0 Å². The van der Waals surface area contributed by atoms with E-state index in [2.05, 4.69) is 16.0 Å². The van der Waals surface area contributed by atoms with Gasteiger partial charge in [0.1, 0.15) is 42.4 Å². The van der Waals surface area contributed by atoms with E-state index in [1.54, 1.807) is 20.8 Å². The molecular formula is C70H127N3O26. The lowest BCUT2D eigenvalue weighted by molar-refractivity contribution is -0.282. The average Bonchev–Trinajstić information content (AvgIpc) is 0.837. The van der Waals surface area contributed by atoms with Crippen molar-refractivity contribution in [3.63, 3.8) is 0 Å². The van der Waals surface area contributed by atoms with E-state index in [1.165, 1.54) is 0 Å². The van der Waals surface area contributed by atoms with Crippen LogP contribution in [0.5, 0.6) is 0 Å². The number of hydrogen-bond acceptors (Lipinski definition) is 26. The molecule has 3 amide bonds. The first-order valence-electron chi connectivity index (χ1n) is 36.8. The third-order valence-electron chi connectivity index (χ3n) is 18.2. The Morgan fingerprint density at radius 3 is 1.10 bits per heavy atom. The van der Waals surface area contributed by atoms with Crippen molar-refractivity contribution in [3.05, 3.63) is 0 Å². The van der Waals surface area contributed by atoms with Crippen LogP contribution in [0.15, 0.2) is 0 Å². The van der Waals surface area contributed by atoms with Gasteiger partial charge in [0.05, 0.1) is 91.0 Å². The molecule has 3 fully saturated rings. The third-order valence-corrected chi connectivity index (χ3v) is 18.2. The fourth-order valence-corrected chi connectivity index (χ4v) is 11.7. The molecule has 29 nitrogen and oxygen atoms in total. The highest BCUT2D eigenvalue weighted by atomic mass is 16.7. The van der Waals surface area contributed by atoms with Crippen LogP contribution < -0.4 is 16.0 Å². The Hall–Kier alpha value is -3.86. The number of aliphatic hydroxyl groups excluding tert-OH is 9. The average molecular weight is 1430 g/mol. The number of carbonyl (C=O) groups excluding carboxylic acids is 6. The number of unbranched alkanes of at least 4 members (excludes halogenated alkanes) is 12. The molecule has 0 radical (unpaired) electrons. The summed E-state index contributed by atoms with van der Waals surface area (Å²) in [6.07, 6.45) is 5.49. The van der Waals surface area contributed by atoms with Crippen LogP contribution in [0.4, 0.5) is 4.79 Å². The van der Waals surface area contributed by atoms with Crippen LogP contribution in [0, 0.1) is 23.2 Å². The first kappa shape index (κ1) is 89.4. The van der Waals surface area contributed by atoms with E-state index in [9.17, 15) is 74.7 Å². The Labute approximate surface area is 586 Å². The van der Waals surface area contributed by atoms with E-state index in [0.29, 0.717) is 130 Å². The molecule has 0 saturated carbocycles. The molecular weight excluding hydrogens is 1300 g/mol. The standard InChI is InChI=1S/C70H127N3O26/c1-49-60(82)63(85)53(44-74)97-66(49)93-38-20-27-52(77)26-14-8-5-13-19-35-73-69(88)96-43-25-37-90-48-70(4,32-23-41-91-58(80)30-15-9-6-11-17-33-71-56(78)28-21-39-94-67-50(2)61(83)64(86)54(45-75)98-67)47-89-36-24-42-92-59(81)31-16-10-7-12-18-34-72-57(79)29-22-40-95-68-51(3)62(84)65(87)55(46-76)99-68/h49-51,53-55,60-68,74-76,82-87H,5-48H2,1-4H3,(H,71,78)(H,72,79)(H,73,88). The second kappa shape index (κ2) is 53.9. The van der Waals surface area contributed by atoms with Crippen LogP contribution in [0.2, 0.25) is 0 Å². The Morgan fingerprint density at radius 1 is 0.364 bits per heavy atom. The molecule has 3 heterocycles. The van der Waals surface area contributed by atoms with Gasteiger partial charge in [-0.15, -0.1) is 0 Å². The van der Waals surface area contributed by atoms with E-state index in [4.69, 9.17) is 52.1 Å². The summed E-state index contributed by atoms with van der Waals surface area (Å²) in [7, 11) is 0. The maximum atomic E-state index is 12.7. The predicted octanol–water partition coefficient (Wildman–Crippen LogP) is 3.84. The molecule has 578 valence electrons. The molecule has 29 heteroatoms. The van der Waals surface area contributed by atoms with Crippen molar-refractivity contribution in [1.29, 1.82) is 0 Å². The monoisotopic (exact) mass is 1430 g/mol. The van der Waals surface area contributed by atoms with E-state index in [-0.39, 0.29) is 82.0 Å². The largest absolute Gasteiger partial charge is 0.466 e. The number of nitrogens with one attached hydrogen (secondary N) is 3. The maximum Gasteiger partial charge on any atom is 0.407 e. The van der Waals surface area contributed by atoms with Gasteiger partial charge < -0.3 is 114 Å². The fraction of sp³-hybridized carbons (Fsp3) is 0.914. The highest BCUT2D eigenvalue weighted by Crippen LogP contribution is 2.30. The first-order valence-corrected chi connectivity index (χ1v) is 36.8. The van der Waals surface area contributed by atoms with Crippen LogP contribution in [0.1, 0.15) is 207 Å². The zero-order valence-electron chi connectivity index (χ0n) is 59.7. The van der Waals surface area contributed by atoms with Gasteiger partial charge in [0, 0.05) is 107 Å². The van der Waals surface area contributed by atoms with Gasteiger partial charge in [-0.1, -0.05) is 85.5 Å². The van der Waals surface area contributed by atoms with Gasteiger partial charge in [0.2, 0.25) is 11.8 Å². The van der Waals surface area contributed by atoms with Gasteiger partial charge in [0.25, 0.3) is 0 Å². The molecule has 3 saturated heterocycles. The van der Waals surface area contributed by atoms with Gasteiger partial charge in [-0.25, -0.2) is 4.79 Å². The minimum absolute atomic E-state index is 0.0983. The lowest BCUT2D eigenvalue weighted by Gasteiger charge is -2.40. The van der Waals surface area contributed by atoms with Gasteiger partial charge in [-0.3, -0.25) is 24.0 Å². The summed E-state index contributed by atoms with van der Waals surface area (Å²) in [6, 6.07) is 0. The molecule has 12 N–H and O–H groups in total. The Balaban J connectivity index is 1.24. The van der Waals surface area contributed by atoms with Gasteiger partial charge in [-0.05, 0) is 70.6 Å². The molecule has 16 atom stereocenters. The molecule has 0 aromatic heterocycles. The molecule has 0 aliphatic carbocycles. The second-order valence-corrected chi connectivity index (χ2v) is 27.1. The van der Waals surface area contributed by atoms with Crippen molar-refractivity contribution in [2.24, 2.45) is 23.2 Å². The molecule has 3 aliphatic heterocycles. The van der Waals surface area contributed by atoms with Crippen LogP contribution >= 0.6 is 0 Å². The quantitative estimate of drug-likeness (QED) is 0.0234. The number of aliphatic hydroxyl groups is 9. The summed E-state index contributed by atoms with van der Waals surface area (Å²) in [5, 5.41) is 97.5. The molecule has 3 rings (SSSR count). The van der Waals surface area contributed by atoms with Crippen LogP contribution in [-0.4, -0.2) is 261 Å². The Kier molecular flexibility index (Phi) is 48.6. The molecule has 0 spiro atoms. The topological polar surface area (TPSA) is 422 Å². The van der Waals surface area contributed by atoms with Gasteiger partial charge in [-0.2, -0.15) is 0 Å². The number of alkyl carbamates (subject to hydrolysis) is 1. The van der Waals surface area contributed by atoms with Gasteiger partial charge in [0.15, 0.2) is 18.9 Å². The fourth-order valence-electron chi connectivity index (χ4n) is 11.7. The number of ether oxygens (including phenoxy) is 11. The second-order valence-electron chi connectivity index (χ2n) is 27.1. The minimum Gasteiger partial charge on any atom is -0.466 e. The molecule has 0 bridgehead atoms. The highest BCUT2D eigenvalue weighted by molar-refractivity contribution is 5.78. The lowest BCUT2D eigenvalue weighted by atomic mass is 9.87. The van der Waals surface area contributed by atoms with Crippen molar-refractivity contribution < 1.29 is 127 Å². The normalized spacial score (nSPS) is 26.1. The zero-order chi connectivity index (χ0) is 72.6. The SMILES string of the molecule is CC1C(OCCCC(=O)CCCCCCCNC(=O)OCCCOCC(C)(CCCOC(=O)CCCCCCCNC(=O)CCCOC2OC(CO)C(O)C(O)C2C)COCCCOC(=O)CCCCCCCNC(=O)CCCOC2OC(CO)C(O)C(O)C2C)OC(CO)C(O)C1O. The molecule has 16 unspecified atom stereocenters. The summed E-state index contributed by atoms with van der Waals surface area (Å²) in [5.74, 6) is -2.08. The van der Waals surface area contributed by atoms with Crippen LogP contribution in [0.3, 0.4) is 0 Å². The summed E-state index contributed by atoms with van der Waals surface area (Å²) in [4.78, 5) is 74.5. The van der Waals surface area contributed by atoms with E-state index in [0.717, 1.165) is 83.5 Å². The van der Waals surface area contributed by atoms with Crippen molar-refractivity contribution in [3.8, 4) is 0 Å². The third kappa shape index (κ3) is 38.5. The number of ketones is 1. The number of amides is 3. The summed E-state index contributed by atoms with van der Waals surface area (Å²) in [5.41, 5.74) is -0.446. The van der Waals surface area contributed by atoms with Gasteiger partial charge >= 0.3 is 18.0 Å². The Bertz CT molecular complexity index is 2050. The molecule has 0 aromatic rings. The number of hydrogen-bond donors (Lipinski definition) is 12. The number of rotatable bonds is 58. The minimum atomic E-state index is -1.20. The highest BCUT2D eigenvalue weighted by Gasteiger charge is 2.45. The summed E-state index contributed by atoms with van der Waals surface area (Å²) >= 11 is 0. The van der Waals surface area contributed by atoms with Crippen LogP contribution in [-0.2, 0) is 76.1 Å². The lowest BCUT2D eigenvalue weighted by Crippen LogP contribution is -2.55. The van der Waals surface area contributed by atoms with E-state index >= 15 is 0 Å². The van der Waals surface area contributed by atoms with Crippen molar-refractivity contribution in [2.45, 2.75) is 281 Å². The van der Waals surface area contributed by atoms with Crippen molar-refractivity contribution >= 4 is 35.6 Å². The van der Waals surface area contributed by atoms with E-state index < -0.39 is 123 Å². The number of carbonyl (C=O) groups is 6. The first-order chi connectivity index (χ1) is 47.6. The predicted molar refractivity (Wildman–Crippen MR) is 360 cm³/mol. The zero-order valence-corrected chi connectivity index (χ0v) is 59.7. The molecule has 3 aliphatic rings. The summed E-state index contributed by atoms with van der Waals surface area (Å²) in [6.45, 7) is 9.98. The molecule has 99 heavy (non-hydrogen) atoms. The maximum absolute atomic E-state index is 12.7. The number of esters is 2.